The van der Waals surface area contributed by atoms with E-state index >= 15 is 0 Å². The number of hydrogen-bond donors (Lipinski definition) is 2. The molecule has 0 bridgehead atoms. The van der Waals surface area contributed by atoms with Crippen LogP contribution in [0.5, 0.6) is 0 Å². The molecule has 7 nitrogen and oxygen atoms in total. The lowest BCUT2D eigenvalue weighted by Gasteiger charge is -2.51. The number of carbonyl (C=O) groups excluding carboxylic acids is 2. The van der Waals surface area contributed by atoms with Crippen molar-refractivity contribution < 1.29 is 9.59 Å². The summed E-state index contributed by atoms with van der Waals surface area (Å²) in [4.78, 5) is 30.7. The van der Waals surface area contributed by atoms with Crippen LogP contribution in [-0.4, -0.2) is 52.2 Å². The van der Waals surface area contributed by atoms with Crippen LogP contribution in [0.15, 0.2) is 29.4 Å². The quantitative estimate of drug-likeness (QED) is 0.583. The van der Waals surface area contributed by atoms with Gasteiger partial charge in [-0.15, -0.1) is 0 Å². The molecule has 2 heterocycles. The van der Waals surface area contributed by atoms with E-state index in [2.05, 4.69) is 54.5 Å². The summed E-state index contributed by atoms with van der Waals surface area (Å²) in [6.07, 6.45) is 1.86. The van der Waals surface area contributed by atoms with Gasteiger partial charge in [-0.2, -0.15) is 5.10 Å². The van der Waals surface area contributed by atoms with E-state index in [1.165, 1.54) is 0 Å². The molecule has 4 rings (SSSR count). The summed E-state index contributed by atoms with van der Waals surface area (Å²) >= 11 is 7.82. The van der Waals surface area contributed by atoms with Gasteiger partial charge in [-0.1, -0.05) is 63.2 Å². The fraction of sp³-hybridized carbons (Fsp3) is 0.640. The Kier molecular flexibility index (Phi) is 7.97. The van der Waals surface area contributed by atoms with Crippen molar-refractivity contribution in [3.05, 3.63) is 34.9 Å². The molecule has 2 amide bonds. The van der Waals surface area contributed by atoms with Crippen molar-refractivity contribution >= 4 is 40.3 Å². The number of amidine groups is 1. The second-order valence-corrected chi connectivity index (χ2v) is 11.8. The molecule has 186 valence electrons. The molecule has 0 aromatic heterocycles. The molecule has 1 aromatic rings. The third-order valence-corrected chi connectivity index (χ3v) is 7.98. The second kappa shape index (κ2) is 10.8. The number of nitrogens with zero attached hydrogens (tertiary/aromatic N) is 3. The van der Waals surface area contributed by atoms with Crippen LogP contribution < -0.4 is 10.7 Å². The van der Waals surface area contributed by atoms with Crippen molar-refractivity contribution in [2.24, 2.45) is 28.8 Å². The Labute approximate surface area is 212 Å². The van der Waals surface area contributed by atoms with Crippen molar-refractivity contribution in [2.45, 2.75) is 65.0 Å². The second-order valence-electron chi connectivity index (χ2n) is 10.4. The molecule has 4 unspecified atom stereocenters. The minimum atomic E-state index is -0.296. The molecular weight excluding hydrogens is 470 g/mol. The number of carbonyl (C=O) groups is 2. The van der Waals surface area contributed by atoms with Crippen LogP contribution in [0.2, 0.25) is 5.02 Å². The van der Waals surface area contributed by atoms with Gasteiger partial charge in [-0.05, 0) is 48.8 Å². The predicted molar refractivity (Wildman–Crippen MR) is 138 cm³/mol. The number of thioether (sulfide) groups is 1. The van der Waals surface area contributed by atoms with Gasteiger partial charge < -0.3 is 15.1 Å². The molecule has 34 heavy (non-hydrogen) atoms. The maximum atomic E-state index is 13.5. The van der Waals surface area contributed by atoms with E-state index < -0.39 is 0 Å². The lowest BCUT2D eigenvalue weighted by atomic mass is 9.75. The summed E-state index contributed by atoms with van der Waals surface area (Å²) in [6, 6.07) is 7.82. The molecule has 2 N–H and O–H groups in total. The number of nitrogens with one attached hydrogen (secondary N) is 2. The number of fused-ring (bicyclic) bond motifs is 3. The first-order chi connectivity index (χ1) is 16.2. The van der Waals surface area contributed by atoms with Crippen molar-refractivity contribution in [2.75, 3.05) is 13.1 Å². The van der Waals surface area contributed by atoms with Crippen LogP contribution in [0.4, 0.5) is 0 Å². The van der Waals surface area contributed by atoms with Crippen molar-refractivity contribution in [3.8, 4) is 0 Å². The summed E-state index contributed by atoms with van der Waals surface area (Å²) in [6.45, 7) is 9.81. The SMILES string of the molecule is CC(C)CNC(=O)C1CCC2C(=O)N(CC(C)C)C3NN=C(SCc4cccc(Cl)c4)N3C2C1. The highest BCUT2D eigenvalue weighted by atomic mass is 35.5. The normalized spacial score (nSPS) is 26.3. The van der Waals surface area contributed by atoms with Gasteiger partial charge in [-0.25, -0.2) is 0 Å². The van der Waals surface area contributed by atoms with E-state index in [0.29, 0.717) is 31.3 Å². The molecule has 9 heteroatoms. The highest BCUT2D eigenvalue weighted by Gasteiger charge is 2.53. The number of hydrazone groups is 1. The van der Waals surface area contributed by atoms with Gasteiger partial charge in [0.05, 0.1) is 5.92 Å². The molecule has 0 spiro atoms. The summed E-state index contributed by atoms with van der Waals surface area (Å²) in [7, 11) is 0. The standard InChI is InChI=1S/C25H36ClN5O2S/c1-15(2)12-27-22(32)18-8-9-20-21(11-18)31-24(30(23(20)33)13-16(3)4)28-29-25(31)34-14-17-6-5-7-19(26)10-17/h5-7,10,15-16,18,20-21,24,28H,8-9,11-14H2,1-4H3,(H,27,32). The first-order valence-corrected chi connectivity index (χ1v) is 13.7. The lowest BCUT2D eigenvalue weighted by molar-refractivity contribution is -0.158. The van der Waals surface area contributed by atoms with Gasteiger partial charge in [0.2, 0.25) is 11.8 Å². The largest absolute Gasteiger partial charge is 0.356 e. The van der Waals surface area contributed by atoms with Crippen LogP contribution in [0, 0.1) is 23.7 Å². The Morgan fingerprint density at radius 2 is 2.06 bits per heavy atom. The Hall–Kier alpha value is -1.93. The highest BCUT2D eigenvalue weighted by Crippen LogP contribution is 2.41. The monoisotopic (exact) mass is 505 g/mol. The zero-order valence-corrected chi connectivity index (χ0v) is 22.0. The molecule has 1 aliphatic carbocycles. The predicted octanol–water partition coefficient (Wildman–Crippen LogP) is 4.09. The number of hydrogen-bond acceptors (Lipinski definition) is 6. The summed E-state index contributed by atoms with van der Waals surface area (Å²) in [5.41, 5.74) is 4.36. The van der Waals surface area contributed by atoms with Crippen molar-refractivity contribution in [3.63, 3.8) is 0 Å². The van der Waals surface area contributed by atoms with Crippen LogP contribution in [0.25, 0.3) is 0 Å². The molecule has 2 fully saturated rings. The van der Waals surface area contributed by atoms with E-state index in [1.54, 1.807) is 11.8 Å². The molecule has 0 radical (unpaired) electrons. The Morgan fingerprint density at radius 3 is 2.76 bits per heavy atom. The zero-order valence-electron chi connectivity index (χ0n) is 20.5. The summed E-state index contributed by atoms with van der Waals surface area (Å²) < 4.78 is 0. The van der Waals surface area contributed by atoms with Crippen LogP contribution in [0.3, 0.4) is 0 Å². The third kappa shape index (κ3) is 5.48. The van der Waals surface area contributed by atoms with E-state index in [0.717, 1.165) is 34.3 Å². The first kappa shape index (κ1) is 25.2. The van der Waals surface area contributed by atoms with Crippen molar-refractivity contribution in [1.82, 2.24) is 20.5 Å². The minimum absolute atomic E-state index is 0.0370. The van der Waals surface area contributed by atoms with Crippen LogP contribution >= 0.6 is 23.4 Å². The number of halogens is 1. The zero-order chi connectivity index (χ0) is 24.4. The first-order valence-electron chi connectivity index (χ1n) is 12.3. The minimum Gasteiger partial charge on any atom is -0.356 e. The van der Waals surface area contributed by atoms with E-state index in [1.807, 2.05) is 23.1 Å². The number of benzene rings is 1. The third-order valence-electron chi connectivity index (χ3n) is 6.70. The fourth-order valence-electron chi connectivity index (χ4n) is 5.11. The Morgan fingerprint density at radius 1 is 1.26 bits per heavy atom. The van der Waals surface area contributed by atoms with Gasteiger partial charge in [0.25, 0.3) is 0 Å². The maximum absolute atomic E-state index is 13.5. The molecule has 1 saturated carbocycles. The number of amides is 2. The van der Waals surface area contributed by atoms with E-state index in [9.17, 15) is 9.59 Å². The van der Waals surface area contributed by atoms with Gasteiger partial charge in [0.1, 0.15) is 0 Å². The fourth-order valence-corrected chi connectivity index (χ4v) is 6.30. The molecule has 2 aliphatic heterocycles. The van der Waals surface area contributed by atoms with Crippen LogP contribution in [-0.2, 0) is 15.3 Å². The lowest BCUT2D eigenvalue weighted by Crippen LogP contribution is -2.68. The average molecular weight is 506 g/mol. The molecule has 1 saturated heterocycles. The molecule has 1 aromatic carbocycles. The number of rotatable bonds is 7. The Bertz CT molecular complexity index is 940. The van der Waals surface area contributed by atoms with Crippen LogP contribution in [0.1, 0.15) is 52.5 Å². The topological polar surface area (TPSA) is 77.0 Å². The average Bonchev–Trinajstić information content (AvgIpc) is 3.22. The Balaban J connectivity index is 1.54. The smallest absolute Gasteiger partial charge is 0.230 e. The highest BCUT2D eigenvalue weighted by molar-refractivity contribution is 8.13. The summed E-state index contributed by atoms with van der Waals surface area (Å²) in [5, 5.41) is 9.36. The van der Waals surface area contributed by atoms with E-state index in [4.69, 9.17) is 11.6 Å². The maximum Gasteiger partial charge on any atom is 0.230 e. The van der Waals surface area contributed by atoms with E-state index in [-0.39, 0.29) is 36.0 Å². The molecule has 4 atom stereocenters. The summed E-state index contributed by atoms with van der Waals surface area (Å²) in [5.74, 6) is 1.60. The molecule has 3 aliphatic rings. The molecular formula is C25H36ClN5O2S. The van der Waals surface area contributed by atoms with Gasteiger partial charge in [0, 0.05) is 35.8 Å². The van der Waals surface area contributed by atoms with Crippen molar-refractivity contribution in [1.29, 1.82) is 0 Å². The van der Waals surface area contributed by atoms with Gasteiger partial charge in [0.15, 0.2) is 11.5 Å². The van der Waals surface area contributed by atoms with Gasteiger partial charge in [-0.3, -0.25) is 15.0 Å². The van der Waals surface area contributed by atoms with Gasteiger partial charge >= 0.3 is 0 Å².